The molecule has 0 aliphatic heterocycles. The molecule has 0 saturated carbocycles. The van der Waals surface area contributed by atoms with Gasteiger partial charge in [0.2, 0.25) is 0 Å². The van der Waals surface area contributed by atoms with E-state index in [1.807, 2.05) is 25.2 Å². The zero-order chi connectivity index (χ0) is 12.1. The second kappa shape index (κ2) is 5.53. The summed E-state index contributed by atoms with van der Waals surface area (Å²) in [6, 6.07) is 9.20. The lowest BCUT2D eigenvalue weighted by atomic mass is 10.1. The second-order valence-electron chi connectivity index (χ2n) is 4.38. The van der Waals surface area contributed by atoms with Crippen LogP contribution in [0.3, 0.4) is 0 Å². The minimum Gasteiger partial charge on any atom is -0.382 e. The number of nitrogens with one attached hydrogen (secondary N) is 1. The zero-order valence-electron chi connectivity index (χ0n) is 10.3. The Hall–Kier alpha value is -1.76. The van der Waals surface area contributed by atoms with Gasteiger partial charge in [0.25, 0.3) is 0 Å². The van der Waals surface area contributed by atoms with Crippen LogP contribution in [0.25, 0.3) is 0 Å². The summed E-state index contributed by atoms with van der Waals surface area (Å²) in [5.41, 5.74) is 4.09. The molecule has 0 unspecified atom stereocenters. The molecule has 1 aliphatic rings. The van der Waals surface area contributed by atoms with Crippen molar-refractivity contribution in [1.29, 1.82) is 0 Å². The van der Waals surface area contributed by atoms with Crippen LogP contribution in [0, 0.1) is 0 Å². The number of rotatable bonds is 4. The Bertz CT molecular complexity index is 429. The molecule has 0 radical (unpaired) electrons. The summed E-state index contributed by atoms with van der Waals surface area (Å²) in [5, 5.41) is 3.57. The molecule has 0 fully saturated rings. The van der Waals surface area contributed by atoms with E-state index in [0.29, 0.717) is 6.04 Å². The van der Waals surface area contributed by atoms with Crippen molar-refractivity contribution in [1.82, 2.24) is 5.32 Å². The van der Waals surface area contributed by atoms with Gasteiger partial charge in [0, 0.05) is 11.7 Å². The monoisotopic (exact) mass is 225 g/mol. The third kappa shape index (κ3) is 2.88. The zero-order valence-corrected chi connectivity index (χ0v) is 10.3. The first-order chi connectivity index (χ1) is 8.33. The molecule has 1 N–H and O–H groups in total. The summed E-state index contributed by atoms with van der Waals surface area (Å²) < 4.78 is 0. The molecule has 1 aliphatic carbocycles. The molecule has 0 amide bonds. The van der Waals surface area contributed by atoms with Crippen LogP contribution in [0.5, 0.6) is 0 Å². The highest BCUT2D eigenvalue weighted by Gasteiger charge is 2.20. The topological polar surface area (TPSA) is 12.0 Å². The summed E-state index contributed by atoms with van der Waals surface area (Å²) in [7, 11) is 0. The Morgan fingerprint density at radius 3 is 2.47 bits per heavy atom. The van der Waals surface area contributed by atoms with Crippen LogP contribution in [0.1, 0.15) is 18.1 Å². The van der Waals surface area contributed by atoms with Crippen molar-refractivity contribution in [3.05, 3.63) is 72.0 Å². The number of hydrogen-bond donors (Lipinski definition) is 1. The highest BCUT2D eigenvalue weighted by Crippen LogP contribution is 2.22. The molecule has 0 heterocycles. The highest BCUT2D eigenvalue weighted by molar-refractivity contribution is 5.34. The van der Waals surface area contributed by atoms with Gasteiger partial charge < -0.3 is 5.32 Å². The number of fused-ring (bicyclic) bond motifs is 1. The van der Waals surface area contributed by atoms with E-state index in [1.54, 1.807) is 0 Å². The number of benzene rings is 1. The van der Waals surface area contributed by atoms with Gasteiger partial charge >= 0.3 is 0 Å². The molecule has 0 saturated heterocycles. The predicted molar refractivity (Wildman–Crippen MR) is 73.9 cm³/mol. The van der Waals surface area contributed by atoms with Crippen LogP contribution in [0.15, 0.2) is 60.8 Å². The summed E-state index contributed by atoms with van der Waals surface area (Å²) >= 11 is 0. The van der Waals surface area contributed by atoms with E-state index < -0.39 is 0 Å². The molecule has 0 aromatic heterocycles. The Kier molecular flexibility index (Phi) is 3.81. The maximum Gasteiger partial charge on any atom is 0.0342 e. The first-order valence-corrected chi connectivity index (χ1v) is 6.12. The largest absolute Gasteiger partial charge is 0.382 e. The van der Waals surface area contributed by atoms with Crippen molar-refractivity contribution in [2.45, 2.75) is 25.8 Å². The fraction of sp³-hybridized carbons (Fsp3) is 0.250. The van der Waals surface area contributed by atoms with Crippen LogP contribution >= 0.6 is 0 Å². The second-order valence-corrected chi connectivity index (χ2v) is 4.38. The lowest BCUT2D eigenvalue weighted by Crippen LogP contribution is -2.28. The average Bonchev–Trinajstić information content (AvgIpc) is 2.71. The lowest BCUT2D eigenvalue weighted by Gasteiger charge is -2.14. The molecule has 0 bridgehead atoms. The van der Waals surface area contributed by atoms with Crippen molar-refractivity contribution in [2.24, 2.45) is 0 Å². The summed E-state index contributed by atoms with van der Waals surface area (Å²) in [4.78, 5) is 0. The van der Waals surface area contributed by atoms with Crippen molar-refractivity contribution in [2.75, 3.05) is 0 Å². The van der Waals surface area contributed by atoms with E-state index in [1.165, 1.54) is 11.1 Å². The summed E-state index contributed by atoms with van der Waals surface area (Å²) in [6.07, 6.45) is 10.2. The van der Waals surface area contributed by atoms with Gasteiger partial charge in [-0.15, -0.1) is 0 Å². The number of hydrogen-bond acceptors (Lipinski definition) is 1. The van der Waals surface area contributed by atoms with Gasteiger partial charge in [-0.25, -0.2) is 0 Å². The van der Waals surface area contributed by atoms with E-state index in [0.717, 1.165) is 18.5 Å². The van der Waals surface area contributed by atoms with E-state index in [4.69, 9.17) is 0 Å². The molecule has 2 rings (SSSR count). The van der Waals surface area contributed by atoms with E-state index >= 15 is 0 Å². The summed E-state index contributed by atoms with van der Waals surface area (Å²) in [6.45, 7) is 5.78. The Morgan fingerprint density at radius 1 is 1.29 bits per heavy atom. The third-order valence-electron chi connectivity index (χ3n) is 3.07. The Balaban J connectivity index is 2.04. The van der Waals surface area contributed by atoms with Crippen molar-refractivity contribution < 1.29 is 0 Å². The highest BCUT2D eigenvalue weighted by atomic mass is 14.9. The molecule has 1 aromatic carbocycles. The molecule has 1 aromatic rings. The van der Waals surface area contributed by atoms with Crippen molar-refractivity contribution in [3.63, 3.8) is 0 Å². The lowest BCUT2D eigenvalue weighted by molar-refractivity contribution is 0.604. The average molecular weight is 225 g/mol. The SMILES string of the molecule is C=C/C=C(\C=C/C)NC1Cc2ccccc2C1. The molecule has 1 heteroatoms. The Morgan fingerprint density at radius 2 is 1.94 bits per heavy atom. The fourth-order valence-corrected chi connectivity index (χ4v) is 2.35. The molecule has 0 atom stereocenters. The van der Waals surface area contributed by atoms with E-state index in [-0.39, 0.29) is 0 Å². The standard InChI is InChI=1S/C16H19N/c1-3-7-15(8-4-2)17-16-11-13-9-5-6-10-14(13)12-16/h3-10,16-17H,1,11-12H2,2H3/b8-4-,15-7+. The van der Waals surface area contributed by atoms with Gasteiger partial charge in [0.05, 0.1) is 0 Å². The molecular weight excluding hydrogens is 206 g/mol. The number of allylic oxidation sites excluding steroid dienone is 4. The van der Waals surface area contributed by atoms with Gasteiger partial charge in [-0.05, 0) is 43.0 Å². The molecule has 17 heavy (non-hydrogen) atoms. The fourth-order valence-electron chi connectivity index (χ4n) is 2.35. The van der Waals surface area contributed by atoms with Crippen LogP contribution in [0.4, 0.5) is 0 Å². The van der Waals surface area contributed by atoms with Crippen LogP contribution in [-0.4, -0.2) is 6.04 Å². The summed E-state index contributed by atoms with van der Waals surface area (Å²) in [5.74, 6) is 0. The molecule has 1 nitrogen and oxygen atoms in total. The predicted octanol–water partition coefficient (Wildman–Crippen LogP) is 3.39. The maximum absolute atomic E-state index is 3.75. The molecule has 0 spiro atoms. The van der Waals surface area contributed by atoms with E-state index in [9.17, 15) is 0 Å². The normalized spacial score (nSPS) is 16.2. The van der Waals surface area contributed by atoms with Crippen molar-refractivity contribution >= 4 is 0 Å². The molecule has 88 valence electrons. The van der Waals surface area contributed by atoms with Gasteiger partial charge in [-0.3, -0.25) is 0 Å². The molecular formula is C16H19N. The Labute approximate surface area is 104 Å². The van der Waals surface area contributed by atoms with Gasteiger partial charge in [-0.1, -0.05) is 43.0 Å². The maximum atomic E-state index is 3.75. The minimum atomic E-state index is 0.509. The van der Waals surface area contributed by atoms with Gasteiger partial charge in [-0.2, -0.15) is 0 Å². The van der Waals surface area contributed by atoms with Crippen LogP contribution < -0.4 is 5.32 Å². The first-order valence-electron chi connectivity index (χ1n) is 6.12. The van der Waals surface area contributed by atoms with Gasteiger partial charge in [0.15, 0.2) is 0 Å². The smallest absolute Gasteiger partial charge is 0.0342 e. The third-order valence-corrected chi connectivity index (χ3v) is 3.07. The van der Waals surface area contributed by atoms with E-state index in [2.05, 4.69) is 42.2 Å². The first kappa shape index (κ1) is 11.7. The quantitative estimate of drug-likeness (QED) is 0.774. The minimum absolute atomic E-state index is 0.509. The van der Waals surface area contributed by atoms with Gasteiger partial charge in [0.1, 0.15) is 0 Å². The van der Waals surface area contributed by atoms with Crippen LogP contribution in [-0.2, 0) is 12.8 Å². The van der Waals surface area contributed by atoms with Crippen LogP contribution in [0.2, 0.25) is 0 Å². The van der Waals surface area contributed by atoms with Crippen molar-refractivity contribution in [3.8, 4) is 0 Å².